The summed E-state index contributed by atoms with van der Waals surface area (Å²) in [6.45, 7) is 6.28. The number of rotatable bonds is 6. The summed E-state index contributed by atoms with van der Waals surface area (Å²) in [6, 6.07) is 8.38. The largest absolute Gasteiger partial charge is 0.334 e. The van der Waals surface area contributed by atoms with Crippen molar-refractivity contribution in [2.24, 2.45) is 5.92 Å². The van der Waals surface area contributed by atoms with Crippen LogP contribution in [-0.2, 0) is 13.1 Å². The van der Waals surface area contributed by atoms with Gasteiger partial charge in [0.2, 0.25) is 0 Å². The van der Waals surface area contributed by atoms with Crippen molar-refractivity contribution in [2.75, 3.05) is 18.4 Å². The van der Waals surface area contributed by atoms with Crippen LogP contribution in [0.5, 0.6) is 0 Å². The van der Waals surface area contributed by atoms with Crippen LogP contribution in [-0.4, -0.2) is 29.0 Å². The quantitative estimate of drug-likeness (QED) is 0.767. The van der Waals surface area contributed by atoms with Crippen LogP contribution >= 0.6 is 11.3 Å². The molecule has 1 aliphatic heterocycles. The average molecular weight is 385 g/mol. The normalized spacial score (nSPS) is 20.4. The number of hydrogen-bond donors (Lipinski definition) is 2. The van der Waals surface area contributed by atoms with Crippen molar-refractivity contribution in [1.29, 1.82) is 0 Å². The Morgan fingerprint density at radius 2 is 2.00 bits per heavy atom. The monoisotopic (exact) mass is 384 g/mol. The molecule has 2 N–H and O–H groups in total. The number of benzene rings is 1. The fourth-order valence-electron chi connectivity index (χ4n) is 3.68. The number of hydrogen-bond acceptors (Lipinski definition) is 4. The number of anilines is 1. The molecular formula is C21H28N4OS. The number of thiazole rings is 1. The molecule has 2 fully saturated rings. The van der Waals surface area contributed by atoms with E-state index in [-0.39, 0.29) is 6.03 Å². The Morgan fingerprint density at radius 1 is 1.22 bits per heavy atom. The number of nitrogens with zero attached hydrogens (tertiary/aromatic N) is 2. The van der Waals surface area contributed by atoms with E-state index in [0.29, 0.717) is 17.6 Å². The second kappa shape index (κ2) is 8.40. The summed E-state index contributed by atoms with van der Waals surface area (Å²) in [4.78, 5) is 19.1. The SMILES string of the molecule is CC1CCCN(Cc2ccc(CNC(=O)Nc3nc(C4CC4)cs3)cc2)C1. The first kappa shape index (κ1) is 18.4. The summed E-state index contributed by atoms with van der Waals surface area (Å²) in [5.41, 5.74) is 3.57. The molecule has 2 aliphatic rings. The van der Waals surface area contributed by atoms with Gasteiger partial charge in [0.05, 0.1) is 5.69 Å². The van der Waals surface area contributed by atoms with Gasteiger partial charge >= 0.3 is 6.03 Å². The highest BCUT2D eigenvalue weighted by atomic mass is 32.1. The molecule has 1 aromatic heterocycles. The van der Waals surface area contributed by atoms with Crippen LogP contribution in [0.15, 0.2) is 29.6 Å². The van der Waals surface area contributed by atoms with Gasteiger partial charge in [-0.2, -0.15) is 0 Å². The lowest BCUT2D eigenvalue weighted by Gasteiger charge is -2.30. The van der Waals surface area contributed by atoms with Gasteiger partial charge in [0, 0.05) is 30.9 Å². The molecule has 2 heterocycles. The summed E-state index contributed by atoms with van der Waals surface area (Å²) in [6.07, 6.45) is 5.11. The fourth-order valence-corrected chi connectivity index (χ4v) is 4.47. The maximum absolute atomic E-state index is 12.1. The first-order valence-electron chi connectivity index (χ1n) is 9.96. The molecule has 0 spiro atoms. The number of carbonyl (C=O) groups is 1. The molecule has 144 valence electrons. The van der Waals surface area contributed by atoms with Gasteiger partial charge < -0.3 is 5.32 Å². The van der Waals surface area contributed by atoms with E-state index in [1.807, 2.05) is 0 Å². The first-order valence-corrected chi connectivity index (χ1v) is 10.8. The maximum atomic E-state index is 12.1. The van der Waals surface area contributed by atoms with Crippen LogP contribution in [0.4, 0.5) is 9.93 Å². The summed E-state index contributed by atoms with van der Waals surface area (Å²) in [5, 5.41) is 8.48. The van der Waals surface area contributed by atoms with Crippen LogP contribution in [0.2, 0.25) is 0 Å². The second-order valence-electron chi connectivity index (χ2n) is 7.96. The molecule has 1 unspecified atom stereocenters. The highest BCUT2D eigenvalue weighted by Gasteiger charge is 2.26. The summed E-state index contributed by atoms with van der Waals surface area (Å²) in [5.74, 6) is 1.42. The van der Waals surface area contributed by atoms with Crippen LogP contribution in [0, 0.1) is 5.92 Å². The van der Waals surface area contributed by atoms with E-state index >= 15 is 0 Å². The molecule has 6 heteroatoms. The molecule has 1 atom stereocenters. The number of likely N-dealkylation sites (tertiary alicyclic amines) is 1. The number of amides is 2. The van der Waals surface area contributed by atoms with Crippen molar-refractivity contribution in [1.82, 2.24) is 15.2 Å². The molecule has 1 aromatic carbocycles. The number of aromatic nitrogens is 1. The minimum absolute atomic E-state index is 0.196. The average Bonchev–Trinajstić information content (AvgIpc) is 3.41. The minimum atomic E-state index is -0.196. The number of urea groups is 1. The van der Waals surface area contributed by atoms with Gasteiger partial charge in [-0.15, -0.1) is 11.3 Å². The van der Waals surface area contributed by atoms with Crippen LogP contribution in [0.3, 0.4) is 0 Å². The lowest BCUT2D eigenvalue weighted by atomic mass is 9.99. The minimum Gasteiger partial charge on any atom is -0.334 e. The van der Waals surface area contributed by atoms with E-state index in [2.05, 4.69) is 57.1 Å². The van der Waals surface area contributed by atoms with E-state index in [1.54, 1.807) is 0 Å². The Kier molecular flexibility index (Phi) is 5.74. The van der Waals surface area contributed by atoms with E-state index in [1.165, 1.54) is 55.7 Å². The summed E-state index contributed by atoms with van der Waals surface area (Å²) in [7, 11) is 0. The molecule has 1 saturated carbocycles. The second-order valence-corrected chi connectivity index (χ2v) is 8.82. The Hall–Kier alpha value is -1.92. The molecular weight excluding hydrogens is 356 g/mol. The van der Waals surface area contributed by atoms with Gasteiger partial charge in [0.1, 0.15) is 0 Å². The molecule has 1 saturated heterocycles. The molecule has 2 aromatic rings. The molecule has 1 aliphatic carbocycles. The third-order valence-corrected chi connectivity index (χ3v) is 6.14. The number of piperidine rings is 1. The molecule has 4 rings (SSSR count). The zero-order valence-corrected chi connectivity index (χ0v) is 16.7. The summed E-state index contributed by atoms with van der Waals surface area (Å²) >= 11 is 1.50. The molecule has 2 amide bonds. The van der Waals surface area contributed by atoms with Crippen molar-refractivity contribution in [3.63, 3.8) is 0 Å². The Morgan fingerprint density at radius 3 is 2.74 bits per heavy atom. The zero-order chi connectivity index (χ0) is 18.6. The molecule has 5 nitrogen and oxygen atoms in total. The van der Waals surface area contributed by atoms with Gasteiger partial charge in [0.25, 0.3) is 0 Å². The van der Waals surface area contributed by atoms with E-state index in [0.717, 1.165) is 23.7 Å². The Balaban J connectivity index is 1.22. The molecule has 27 heavy (non-hydrogen) atoms. The van der Waals surface area contributed by atoms with Crippen molar-refractivity contribution < 1.29 is 4.79 Å². The fraction of sp³-hybridized carbons (Fsp3) is 0.524. The van der Waals surface area contributed by atoms with Gasteiger partial charge in [0.15, 0.2) is 5.13 Å². The molecule has 0 bridgehead atoms. The highest BCUT2D eigenvalue weighted by molar-refractivity contribution is 7.13. The lowest BCUT2D eigenvalue weighted by molar-refractivity contribution is 0.176. The van der Waals surface area contributed by atoms with Gasteiger partial charge in [-0.05, 0) is 49.3 Å². The van der Waals surface area contributed by atoms with Crippen LogP contribution in [0.25, 0.3) is 0 Å². The van der Waals surface area contributed by atoms with E-state index in [4.69, 9.17) is 0 Å². The Bertz CT molecular complexity index is 769. The van der Waals surface area contributed by atoms with Crippen molar-refractivity contribution in [3.05, 3.63) is 46.5 Å². The van der Waals surface area contributed by atoms with E-state index < -0.39 is 0 Å². The van der Waals surface area contributed by atoms with Gasteiger partial charge in [-0.25, -0.2) is 9.78 Å². The number of carbonyl (C=O) groups excluding carboxylic acids is 1. The first-order chi connectivity index (χ1) is 13.2. The van der Waals surface area contributed by atoms with Crippen molar-refractivity contribution in [3.8, 4) is 0 Å². The highest BCUT2D eigenvalue weighted by Crippen LogP contribution is 2.40. The third kappa shape index (κ3) is 5.30. The van der Waals surface area contributed by atoms with Crippen LogP contribution in [0.1, 0.15) is 55.3 Å². The predicted octanol–water partition coefficient (Wildman–Crippen LogP) is 4.57. The van der Waals surface area contributed by atoms with E-state index in [9.17, 15) is 4.79 Å². The summed E-state index contributed by atoms with van der Waals surface area (Å²) < 4.78 is 0. The predicted molar refractivity (Wildman–Crippen MR) is 110 cm³/mol. The third-order valence-electron chi connectivity index (χ3n) is 5.36. The smallest absolute Gasteiger partial charge is 0.321 e. The maximum Gasteiger partial charge on any atom is 0.321 e. The van der Waals surface area contributed by atoms with Crippen LogP contribution < -0.4 is 10.6 Å². The van der Waals surface area contributed by atoms with Gasteiger partial charge in [-0.1, -0.05) is 31.2 Å². The topological polar surface area (TPSA) is 57.3 Å². The zero-order valence-electron chi connectivity index (χ0n) is 15.9. The lowest BCUT2D eigenvalue weighted by Crippen LogP contribution is -2.33. The molecule has 0 radical (unpaired) electrons. The van der Waals surface area contributed by atoms with Crippen molar-refractivity contribution in [2.45, 2.75) is 51.6 Å². The standard InChI is InChI=1S/C21H28N4OS/c1-15-3-2-10-25(12-15)13-17-6-4-16(5-7-17)11-22-20(26)24-21-23-19(14-27-21)18-8-9-18/h4-7,14-15,18H,2-3,8-13H2,1H3,(H2,22,23,24,26). The van der Waals surface area contributed by atoms with Crippen molar-refractivity contribution >= 4 is 22.5 Å². The number of nitrogens with one attached hydrogen (secondary N) is 2. The Labute approximate surface area is 165 Å². The van der Waals surface area contributed by atoms with Gasteiger partial charge in [-0.3, -0.25) is 10.2 Å².